The Morgan fingerprint density at radius 1 is 1.33 bits per heavy atom. The normalized spacial score (nSPS) is 19.0. The maximum Gasteiger partial charge on any atom is 0.0434 e. The monoisotopic (exact) mass is 259 g/mol. The number of nitrogens with zero attached hydrogens (tertiary/aromatic N) is 1. The summed E-state index contributed by atoms with van der Waals surface area (Å²) in [5, 5.41) is 0. The summed E-state index contributed by atoms with van der Waals surface area (Å²) in [7, 11) is 0. The molecule has 0 N–H and O–H groups in total. The van der Waals surface area contributed by atoms with Crippen LogP contribution in [0.3, 0.4) is 0 Å². The van der Waals surface area contributed by atoms with Gasteiger partial charge in [0.25, 0.3) is 0 Å². The van der Waals surface area contributed by atoms with Crippen molar-refractivity contribution in [3.63, 3.8) is 0 Å². The highest BCUT2D eigenvalue weighted by Gasteiger charge is 2.03. The number of aromatic nitrogens is 1. The fraction of sp³-hybridized carbons (Fsp3) is 0.154. The van der Waals surface area contributed by atoms with Crippen molar-refractivity contribution < 1.29 is 0 Å². The van der Waals surface area contributed by atoms with Crippen LogP contribution in [0.5, 0.6) is 0 Å². The van der Waals surface area contributed by atoms with E-state index in [1.807, 2.05) is 12.1 Å². The van der Waals surface area contributed by atoms with Gasteiger partial charge in [-0.15, -0.1) is 0 Å². The summed E-state index contributed by atoms with van der Waals surface area (Å²) in [5.41, 5.74) is 1.02. The number of pyridine rings is 1. The summed E-state index contributed by atoms with van der Waals surface area (Å²) in [6.45, 7) is 0. The summed E-state index contributed by atoms with van der Waals surface area (Å²) in [4.78, 5) is 3.95. The van der Waals surface area contributed by atoms with E-state index in [1.165, 1.54) is 0 Å². The van der Waals surface area contributed by atoms with Crippen LogP contribution in [0.25, 0.3) is 0 Å². The Hall–Kier alpha value is -1.33. The van der Waals surface area contributed by atoms with Gasteiger partial charge < -0.3 is 0 Å². The highest BCUT2D eigenvalue weighted by atomic mass is 79.9. The highest BCUT2D eigenvalue weighted by Crippen LogP contribution is 2.19. The molecule has 74 valence electrons. The van der Waals surface area contributed by atoms with E-state index in [1.54, 1.807) is 12.4 Å². The van der Waals surface area contributed by atoms with Crippen LogP contribution in [0.1, 0.15) is 12.0 Å². The summed E-state index contributed by atoms with van der Waals surface area (Å²) >= 11 is 3.45. The van der Waals surface area contributed by atoms with E-state index in [-0.39, 0.29) is 0 Å². The second-order valence-electron chi connectivity index (χ2n) is 3.30. The van der Waals surface area contributed by atoms with Crippen LogP contribution in [0.4, 0.5) is 0 Å². The molecule has 0 aliphatic heterocycles. The molecule has 1 aromatic rings. The van der Waals surface area contributed by atoms with Gasteiger partial charge in [0.2, 0.25) is 0 Å². The third-order valence-electron chi connectivity index (χ3n) is 2.11. The maximum atomic E-state index is 3.95. The molecule has 1 unspecified atom stereocenters. The Labute approximate surface area is 98.1 Å². The van der Waals surface area contributed by atoms with Gasteiger partial charge in [-0.05, 0) is 18.6 Å². The third kappa shape index (κ3) is 3.07. The van der Waals surface area contributed by atoms with Gasteiger partial charge in [-0.25, -0.2) is 0 Å². The molecular weight excluding hydrogens is 250 g/mol. The van der Waals surface area contributed by atoms with Crippen molar-refractivity contribution in [1.29, 1.82) is 0 Å². The van der Waals surface area contributed by atoms with Crippen LogP contribution in [0, 0.1) is 17.8 Å². The molecule has 0 saturated carbocycles. The van der Waals surface area contributed by atoms with Gasteiger partial charge in [0.05, 0.1) is 0 Å². The van der Waals surface area contributed by atoms with Gasteiger partial charge in [-0.1, -0.05) is 46.0 Å². The van der Waals surface area contributed by atoms with Crippen molar-refractivity contribution in [3.05, 3.63) is 52.8 Å². The average molecular weight is 260 g/mol. The molecule has 0 bridgehead atoms. The van der Waals surface area contributed by atoms with Crippen LogP contribution in [0.2, 0.25) is 0 Å². The lowest BCUT2D eigenvalue weighted by atomic mass is 10.0. The van der Waals surface area contributed by atoms with Crippen molar-refractivity contribution in [2.45, 2.75) is 6.42 Å². The lowest BCUT2D eigenvalue weighted by Gasteiger charge is -2.06. The molecule has 1 nitrogen and oxygen atoms in total. The van der Waals surface area contributed by atoms with Crippen molar-refractivity contribution >= 4 is 15.9 Å². The number of hydrogen-bond donors (Lipinski definition) is 0. The molecule has 0 saturated heterocycles. The van der Waals surface area contributed by atoms with Crippen LogP contribution in [-0.4, -0.2) is 4.98 Å². The summed E-state index contributed by atoms with van der Waals surface area (Å²) in [6.07, 6.45) is 10.8. The van der Waals surface area contributed by atoms with E-state index in [2.05, 4.69) is 51.0 Å². The standard InChI is InChI=1S/C13H10BrN/c14-13-3-1-2-12(10-13)5-4-11-6-8-15-9-7-11/h1,3,6-10,12H,2H2. The van der Waals surface area contributed by atoms with Gasteiger partial charge in [0, 0.05) is 28.4 Å². The maximum absolute atomic E-state index is 3.95. The third-order valence-corrected chi connectivity index (χ3v) is 2.64. The molecule has 1 heterocycles. The Balaban J connectivity index is 2.10. The summed E-state index contributed by atoms with van der Waals surface area (Å²) in [6, 6.07) is 3.84. The van der Waals surface area contributed by atoms with Gasteiger partial charge in [0.15, 0.2) is 0 Å². The number of allylic oxidation sites excluding steroid dienone is 4. The Kier molecular flexibility index (Phi) is 3.37. The van der Waals surface area contributed by atoms with Crippen molar-refractivity contribution in [2.75, 3.05) is 0 Å². The first kappa shape index (κ1) is 10.2. The minimum atomic E-state index is 0.317. The predicted octanol–water partition coefficient (Wildman–Crippen LogP) is 3.29. The number of rotatable bonds is 0. The zero-order chi connectivity index (χ0) is 10.5. The molecule has 0 amide bonds. The molecule has 2 heteroatoms. The van der Waals surface area contributed by atoms with E-state index in [9.17, 15) is 0 Å². The van der Waals surface area contributed by atoms with Gasteiger partial charge in [-0.3, -0.25) is 4.98 Å². The predicted molar refractivity (Wildman–Crippen MR) is 65.4 cm³/mol. The fourth-order valence-electron chi connectivity index (χ4n) is 1.35. The largest absolute Gasteiger partial charge is 0.265 e. The van der Waals surface area contributed by atoms with Crippen molar-refractivity contribution in [3.8, 4) is 11.8 Å². The molecule has 1 aliphatic carbocycles. The molecule has 0 fully saturated rings. The Morgan fingerprint density at radius 3 is 2.87 bits per heavy atom. The lowest BCUT2D eigenvalue weighted by molar-refractivity contribution is 0.851. The minimum Gasteiger partial charge on any atom is -0.265 e. The van der Waals surface area contributed by atoms with E-state index in [0.717, 1.165) is 16.5 Å². The van der Waals surface area contributed by atoms with Crippen molar-refractivity contribution in [2.24, 2.45) is 5.92 Å². The number of halogens is 1. The molecular formula is C13H10BrN. The van der Waals surface area contributed by atoms with Crippen LogP contribution >= 0.6 is 15.9 Å². The molecule has 1 aliphatic rings. The highest BCUT2D eigenvalue weighted by molar-refractivity contribution is 9.11. The first-order valence-corrected chi connectivity index (χ1v) is 5.59. The zero-order valence-corrected chi connectivity index (χ0v) is 9.74. The van der Waals surface area contributed by atoms with Gasteiger partial charge in [0.1, 0.15) is 0 Å². The first-order chi connectivity index (χ1) is 7.34. The topological polar surface area (TPSA) is 12.9 Å². The molecule has 0 aromatic carbocycles. The second-order valence-corrected chi connectivity index (χ2v) is 4.22. The summed E-state index contributed by atoms with van der Waals surface area (Å²) < 4.78 is 1.11. The van der Waals surface area contributed by atoms with Gasteiger partial charge >= 0.3 is 0 Å². The molecule has 1 aromatic heterocycles. The van der Waals surface area contributed by atoms with Crippen LogP contribution in [-0.2, 0) is 0 Å². The molecule has 2 rings (SSSR count). The zero-order valence-electron chi connectivity index (χ0n) is 8.15. The SMILES string of the molecule is BrC1=CC(C#Cc2ccncc2)CC=C1. The minimum absolute atomic E-state index is 0.317. The Bertz CT molecular complexity index is 448. The summed E-state index contributed by atoms with van der Waals surface area (Å²) in [5.74, 6) is 6.70. The molecule has 0 spiro atoms. The van der Waals surface area contributed by atoms with Crippen molar-refractivity contribution in [1.82, 2.24) is 4.98 Å². The van der Waals surface area contributed by atoms with E-state index in [4.69, 9.17) is 0 Å². The lowest BCUT2D eigenvalue weighted by Crippen LogP contribution is -1.94. The second kappa shape index (κ2) is 4.95. The molecule has 1 atom stereocenters. The Morgan fingerprint density at radius 2 is 2.13 bits per heavy atom. The van der Waals surface area contributed by atoms with Crippen LogP contribution in [0.15, 0.2) is 47.2 Å². The molecule has 15 heavy (non-hydrogen) atoms. The van der Waals surface area contributed by atoms with Crippen LogP contribution < -0.4 is 0 Å². The smallest absolute Gasteiger partial charge is 0.0434 e. The van der Waals surface area contributed by atoms with E-state index in [0.29, 0.717) is 5.92 Å². The first-order valence-electron chi connectivity index (χ1n) is 4.80. The quantitative estimate of drug-likeness (QED) is 0.652. The number of hydrogen-bond acceptors (Lipinski definition) is 1. The van der Waals surface area contributed by atoms with Gasteiger partial charge in [-0.2, -0.15) is 0 Å². The fourth-order valence-corrected chi connectivity index (χ4v) is 1.86. The van der Waals surface area contributed by atoms with E-state index < -0.39 is 0 Å². The average Bonchev–Trinajstić information content (AvgIpc) is 2.28. The molecule has 0 radical (unpaired) electrons. The van der Waals surface area contributed by atoms with E-state index >= 15 is 0 Å².